The molecular formula is C24H15F2NO5. The van der Waals surface area contributed by atoms with Gasteiger partial charge in [-0.05, 0) is 42.0 Å². The summed E-state index contributed by atoms with van der Waals surface area (Å²) in [6.07, 6.45) is 0. The second-order valence-corrected chi connectivity index (χ2v) is 7.07. The molecular weight excluding hydrogens is 420 g/mol. The summed E-state index contributed by atoms with van der Waals surface area (Å²) in [6.45, 7) is -0.732. The monoisotopic (exact) mass is 435 g/mol. The van der Waals surface area contributed by atoms with Crippen LogP contribution in [0.4, 0.5) is 8.78 Å². The van der Waals surface area contributed by atoms with Gasteiger partial charge in [-0.3, -0.25) is 19.3 Å². The number of esters is 1. The van der Waals surface area contributed by atoms with Crippen LogP contribution in [-0.2, 0) is 11.3 Å². The number of halogens is 2. The van der Waals surface area contributed by atoms with E-state index in [4.69, 9.17) is 4.74 Å². The van der Waals surface area contributed by atoms with Gasteiger partial charge in [0.15, 0.2) is 6.61 Å². The van der Waals surface area contributed by atoms with Crippen molar-refractivity contribution in [1.29, 1.82) is 0 Å². The van der Waals surface area contributed by atoms with Gasteiger partial charge >= 0.3 is 5.97 Å². The van der Waals surface area contributed by atoms with E-state index in [9.17, 15) is 28.0 Å². The van der Waals surface area contributed by atoms with Gasteiger partial charge in [-0.1, -0.05) is 30.3 Å². The number of ether oxygens (including phenoxy) is 1. The quantitative estimate of drug-likeness (QED) is 0.334. The first-order valence-corrected chi connectivity index (χ1v) is 9.54. The van der Waals surface area contributed by atoms with E-state index in [-0.39, 0.29) is 23.2 Å². The van der Waals surface area contributed by atoms with Crippen LogP contribution in [0.5, 0.6) is 0 Å². The van der Waals surface area contributed by atoms with Crippen molar-refractivity contribution in [3.63, 3.8) is 0 Å². The maximum absolute atomic E-state index is 13.7. The number of benzene rings is 3. The van der Waals surface area contributed by atoms with Crippen molar-refractivity contribution in [3.8, 4) is 0 Å². The normalized spacial score (nSPS) is 12.6. The largest absolute Gasteiger partial charge is 0.454 e. The van der Waals surface area contributed by atoms with Gasteiger partial charge < -0.3 is 4.74 Å². The minimum Gasteiger partial charge on any atom is -0.454 e. The summed E-state index contributed by atoms with van der Waals surface area (Å²) in [5.41, 5.74) is 0.371. The van der Waals surface area contributed by atoms with E-state index in [0.717, 1.165) is 22.6 Å². The van der Waals surface area contributed by atoms with Gasteiger partial charge in [0.05, 0.1) is 28.8 Å². The number of rotatable bonds is 6. The van der Waals surface area contributed by atoms with E-state index >= 15 is 0 Å². The predicted octanol–water partition coefficient (Wildman–Crippen LogP) is 3.80. The molecule has 1 aliphatic heterocycles. The third-order valence-electron chi connectivity index (χ3n) is 4.95. The van der Waals surface area contributed by atoms with Gasteiger partial charge in [0.2, 0.25) is 5.78 Å². The van der Waals surface area contributed by atoms with Crippen molar-refractivity contribution in [3.05, 3.63) is 106 Å². The second-order valence-electron chi connectivity index (χ2n) is 7.07. The lowest BCUT2D eigenvalue weighted by Gasteiger charge is -2.13. The zero-order valence-corrected chi connectivity index (χ0v) is 16.5. The van der Waals surface area contributed by atoms with Gasteiger partial charge in [0.1, 0.15) is 11.6 Å². The fraction of sp³-hybridized carbons (Fsp3) is 0.0833. The second kappa shape index (κ2) is 8.50. The van der Waals surface area contributed by atoms with Crippen molar-refractivity contribution in [2.75, 3.05) is 6.61 Å². The Kier molecular flexibility index (Phi) is 5.59. The van der Waals surface area contributed by atoms with Crippen molar-refractivity contribution in [1.82, 2.24) is 4.90 Å². The molecule has 0 bridgehead atoms. The number of hydrogen-bond donors (Lipinski definition) is 0. The zero-order valence-electron chi connectivity index (χ0n) is 16.5. The topological polar surface area (TPSA) is 80.8 Å². The molecule has 8 heteroatoms. The molecule has 3 aromatic carbocycles. The lowest BCUT2D eigenvalue weighted by molar-refractivity contribution is 0.0473. The maximum Gasteiger partial charge on any atom is 0.338 e. The Bertz CT molecular complexity index is 1260. The highest BCUT2D eigenvalue weighted by molar-refractivity contribution is 6.21. The number of nitrogens with zero attached hydrogens (tertiary/aromatic N) is 1. The first-order valence-electron chi connectivity index (χ1n) is 9.54. The molecule has 1 aliphatic rings. The minimum atomic E-state index is -0.945. The molecule has 0 N–H and O–H groups in total. The van der Waals surface area contributed by atoms with E-state index in [1.807, 2.05) is 6.07 Å². The molecule has 32 heavy (non-hydrogen) atoms. The Morgan fingerprint density at radius 3 is 2.31 bits per heavy atom. The fourth-order valence-electron chi connectivity index (χ4n) is 3.33. The van der Waals surface area contributed by atoms with Crippen molar-refractivity contribution in [2.45, 2.75) is 6.54 Å². The van der Waals surface area contributed by atoms with Crippen LogP contribution in [0.3, 0.4) is 0 Å². The van der Waals surface area contributed by atoms with Crippen LogP contribution in [0.2, 0.25) is 0 Å². The molecule has 0 spiro atoms. The molecule has 0 saturated carbocycles. The van der Waals surface area contributed by atoms with Crippen LogP contribution >= 0.6 is 0 Å². The van der Waals surface area contributed by atoms with Crippen LogP contribution in [0.25, 0.3) is 0 Å². The molecule has 1 heterocycles. The summed E-state index contributed by atoms with van der Waals surface area (Å²) in [7, 11) is 0. The van der Waals surface area contributed by atoms with Gasteiger partial charge in [-0.15, -0.1) is 0 Å². The van der Waals surface area contributed by atoms with E-state index in [0.29, 0.717) is 6.07 Å². The van der Waals surface area contributed by atoms with Gasteiger partial charge in [-0.2, -0.15) is 0 Å². The molecule has 0 aliphatic carbocycles. The number of fused-ring (bicyclic) bond motifs is 1. The molecule has 2 amide bonds. The Morgan fingerprint density at radius 2 is 1.56 bits per heavy atom. The molecule has 0 fully saturated rings. The number of carbonyl (C=O) groups is 4. The Balaban J connectivity index is 1.47. The number of hydrogen-bond acceptors (Lipinski definition) is 5. The Hall–Kier alpha value is -4.20. The summed E-state index contributed by atoms with van der Waals surface area (Å²) >= 11 is 0. The van der Waals surface area contributed by atoms with Crippen LogP contribution in [-0.4, -0.2) is 35.1 Å². The van der Waals surface area contributed by atoms with Crippen LogP contribution in [0.15, 0.2) is 66.7 Å². The minimum absolute atomic E-state index is 0.0443. The Morgan fingerprint density at radius 1 is 0.844 bits per heavy atom. The van der Waals surface area contributed by atoms with Gasteiger partial charge in [0, 0.05) is 0 Å². The van der Waals surface area contributed by atoms with E-state index in [1.165, 1.54) is 18.2 Å². The van der Waals surface area contributed by atoms with E-state index < -0.39 is 47.4 Å². The van der Waals surface area contributed by atoms with Crippen molar-refractivity contribution < 1.29 is 32.7 Å². The van der Waals surface area contributed by atoms with Crippen LogP contribution in [0.1, 0.15) is 47.0 Å². The summed E-state index contributed by atoms with van der Waals surface area (Å²) in [6, 6.07) is 15.2. The van der Waals surface area contributed by atoms with Gasteiger partial charge in [-0.25, -0.2) is 13.6 Å². The molecule has 0 unspecified atom stereocenters. The maximum atomic E-state index is 13.7. The van der Waals surface area contributed by atoms with Crippen molar-refractivity contribution >= 4 is 23.6 Å². The smallest absolute Gasteiger partial charge is 0.338 e. The summed E-state index contributed by atoms with van der Waals surface area (Å²) < 4.78 is 31.8. The molecule has 0 saturated heterocycles. The number of Topliss-reactive ketones (excluding diaryl/α,β-unsaturated/α-hetero) is 1. The lowest BCUT2D eigenvalue weighted by Crippen LogP contribution is -2.29. The molecule has 0 aromatic heterocycles. The first-order chi connectivity index (χ1) is 15.3. The molecule has 160 valence electrons. The molecule has 0 atom stereocenters. The third kappa shape index (κ3) is 4.02. The van der Waals surface area contributed by atoms with E-state index in [1.54, 1.807) is 24.3 Å². The van der Waals surface area contributed by atoms with Gasteiger partial charge in [0.25, 0.3) is 11.8 Å². The summed E-state index contributed by atoms with van der Waals surface area (Å²) in [5, 5.41) is 0. The number of carbonyl (C=O) groups excluding carboxylic acids is 4. The predicted molar refractivity (Wildman–Crippen MR) is 108 cm³/mol. The molecule has 0 radical (unpaired) electrons. The third-order valence-corrected chi connectivity index (χ3v) is 4.95. The summed E-state index contributed by atoms with van der Waals surface area (Å²) in [4.78, 5) is 50.8. The first kappa shape index (κ1) is 21.0. The zero-order chi connectivity index (χ0) is 22.8. The number of amides is 2. The number of ketones is 1. The highest BCUT2D eigenvalue weighted by Crippen LogP contribution is 2.26. The highest BCUT2D eigenvalue weighted by Gasteiger charge is 2.36. The standard InChI is InChI=1S/C24H15F2NO5/c25-16-7-9-20(26)19(11-16)21(28)13-32-24(31)15-6-8-17-18(10-15)23(30)27(22(17)29)12-14-4-2-1-3-5-14/h1-11H,12-13H2. The molecule has 4 rings (SSSR count). The molecule has 3 aromatic rings. The lowest BCUT2D eigenvalue weighted by atomic mass is 10.1. The fourth-order valence-corrected chi connectivity index (χ4v) is 3.33. The Labute approximate surface area is 181 Å². The van der Waals surface area contributed by atoms with Crippen LogP contribution < -0.4 is 0 Å². The SMILES string of the molecule is O=C(OCC(=O)c1cc(F)ccc1F)c1ccc2c(c1)C(=O)N(Cc1ccccc1)C2=O. The molecule has 6 nitrogen and oxygen atoms in total. The van der Waals surface area contributed by atoms with E-state index in [2.05, 4.69) is 0 Å². The number of imide groups is 1. The highest BCUT2D eigenvalue weighted by atomic mass is 19.1. The average Bonchev–Trinajstić information content (AvgIpc) is 3.03. The van der Waals surface area contributed by atoms with Crippen LogP contribution in [0, 0.1) is 11.6 Å². The average molecular weight is 435 g/mol. The van der Waals surface area contributed by atoms with Crippen molar-refractivity contribution in [2.24, 2.45) is 0 Å². The summed E-state index contributed by atoms with van der Waals surface area (Å²) in [5.74, 6) is -4.64.